The molecule has 1 aliphatic rings. The van der Waals surface area contributed by atoms with E-state index >= 15 is 0 Å². The molecule has 162 valence electrons. The van der Waals surface area contributed by atoms with Crippen LogP contribution in [0.25, 0.3) is 0 Å². The Morgan fingerprint density at radius 3 is 2.42 bits per heavy atom. The molecule has 0 radical (unpaired) electrons. The molecule has 1 N–H and O–H groups in total. The number of halogens is 1. The standard InChI is InChI=1S/C22H23ClN4O4/c1-28-18-11-15(12-19(29-2)20(18)30-3)25-22-24-13-16(23)21(26-22)27-17(9-10-31-27)14-7-5-4-6-8-14/h4-8,11-13,17H,9-10H2,1-3H3,(H,24,25,26). The van der Waals surface area contributed by atoms with Crippen molar-refractivity contribution in [3.05, 3.63) is 59.2 Å². The van der Waals surface area contributed by atoms with E-state index in [1.165, 1.54) is 0 Å². The maximum absolute atomic E-state index is 6.44. The zero-order valence-corrected chi connectivity index (χ0v) is 18.2. The van der Waals surface area contributed by atoms with Gasteiger partial charge in [-0.05, 0) is 5.56 Å². The molecule has 0 amide bonds. The molecule has 0 bridgehead atoms. The van der Waals surface area contributed by atoms with Crippen molar-refractivity contribution in [3.63, 3.8) is 0 Å². The van der Waals surface area contributed by atoms with Crippen molar-refractivity contribution in [1.82, 2.24) is 9.97 Å². The van der Waals surface area contributed by atoms with Crippen LogP contribution >= 0.6 is 11.6 Å². The molecule has 1 unspecified atom stereocenters. The van der Waals surface area contributed by atoms with Gasteiger partial charge in [-0.25, -0.2) is 10.0 Å². The SMILES string of the molecule is COc1cc(Nc2ncc(Cl)c(N3OCCC3c3ccccc3)n2)cc(OC)c1OC. The van der Waals surface area contributed by atoms with Gasteiger partial charge in [0.2, 0.25) is 11.7 Å². The number of nitrogens with zero attached hydrogens (tertiary/aromatic N) is 3. The molecule has 1 aromatic heterocycles. The summed E-state index contributed by atoms with van der Waals surface area (Å²) in [5.74, 6) is 2.40. The lowest BCUT2D eigenvalue weighted by atomic mass is 10.0. The van der Waals surface area contributed by atoms with Crippen LogP contribution in [-0.4, -0.2) is 37.9 Å². The smallest absolute Gasteiger partial charge is 0.229 e. The molecular weight excluding hydrogens is 420 g/mol. The van der Waals surface area contributed by atoms with Crippen LogP contribution in [0.4, 0.5) is 17.5 Å². The average molecular weight is 443 g/mol. The number of ether oxygens (including phenoxy) is 3. The molecule has 8 nitrogen and oxygen atoms in total. The first-order valence-corrected chi connectivity index (χ1v) is 10.1. The van der Waals surface area contributed by atoms with Gasteiger partial charge in [-0.2, -0.15) is 4.98 Å². The predicted octanol–water partition coefficient (Wildman–Crippen LogP) is 4.78. The topological polar surface area (TPSA) is 78.0 Å². The van der Waals surface area contributed by atoms with Crippen LogP contribution in [0.15, 0.2) is 48.7 Å². The largest absolute Gasteiger partial charge is 0.493 e. The van der Waals surface area contributed by atoms with Crippen LogP contribution in [0.5, 0.6) is 17.2 Å². The molecule has 0 aliphatic carbocycles. The molecule has 2 aromatic carbocycles. The van der Waals surface area contributed by atoms with Crippen LogP contribution < -0.4 is 24.6 Å². The molecule has 0 saturated carbocycles. The Hall–Kier alpha value is -3.23. The van der Waals surface area contributed by atoms with Gasteiger partial charge in [-0.1, -0.05) is 41.9 Å². The van der Waals surface area contributed by atoms with Gasteiger partial charge in [0.1, 0.15) is 5.02 Å². The van der Waals surface area contributed by atoms with E-state index < -0.39 is 0 Å². The maximum atomic E-state index is 6.44. The van der Waals surface area contributed by atoms with Crippen molar-refractivity contribution < 1.29 is 19.0 Å². The van der Waals surface area contributed by atoms with Gasteiger partial charge < -0.3 is 19.5 Å². The Kier molecular flexibility index (Phi) is 6.29. The molecule has 9 heteroatoms. The minimum Gasteiger partial charge on any atom is -0.493 e. The van der Waals surface area contributed by atoms with Gasteiger partial charge in [0.05, 0.1) is 40.2 Å². The van der Waals surface area contributed by atoms with Crippen LogP contribution in [0, 0.1) is 0 Å². The number of aromatic nitrogens is 2. The summed E-state index contributed by atoms with van der Waals surface area (Å²) in [5.41, 5.74) is 1.80. The lowest BCUT2D eigenvalue weighted by molar-refractivity contribution is 0.157. The summed E-state index contributed by atoms with van der Waals surface area (Å²) in [6.07, 6.45) is 2.38. The summed E-state index contributed by atoms with van der Waals surface area (Å²) in [4.78, 5) is 14.8. The van der Waals surface area contributed by atoms with Gasteiger partial charge in [0.15, 0.2) is 17.3 Å². The highest BCUT2D eigenvalue weighted by atomic mass is 35.5. The average Bonchev–Trinajstić information content (AvgIpc) is 3.30. The number of hydrogen-bond donors (Lipinski definition) is 1. The van der Waals surface area contributed by atoms with E-state index in [4.69, 9.17) is 30.6 Å². The summed E-state index contributed by atoms with van der Waals surface area (Å²) in [6.45, 7) is 0.579. The summed E-state index contributed by atoms with van der Waals surface area (Å²) in [6, 6.07) is 13.7. The number of anilines is 3. The summed E-state index contributed by atoms with van der Waals surface area (Å²) in [7, 11) is 4.68. The molecule has 1 saturated heterocycles. The van der Waals surface area contributed by atoms with E-state index in [9.17, 15) is 0 Å². The van der Waals surface area contributed by atoms with Gasteiger partial charge in [-0.3, -0.25) is 4.84 Å². The fraction of sp³-hybridized carbons (Fsp3) is 0.273. The van der Waals surface area contributed by atoms with E-state index in [2.05, 4.69) is 27.4 Å². The van der Waals surface area contributed by atoms with Crippen molar-refractivity contribution in [2.24, 2.45) is 0 Å². The monoisotopic (exact) mass is 442 g/mol. The minimum atomic E-state index is 0.0163. The predicted molar refractivity (Wildman–Crippen MR) is 119 cm³/mol. The van der Waals surface area contributed by atoms with Crippen molar-refractivity contribution >= 4 is 29.1 Å². The number of rotatable bonds is 7. The molecule has 1 aliphatic heterocycles. The molecule has 2 heterocycles. The Morgan fingerprint density at radius 1 is 1.06 bits per heavy atom. The second-order valence-electron chi connectivity index (χ2n) is 6.78. The molecular formula is C22H23ClN4O4. The van der Waals surface area contributed by atoms with Gasteiger partial charge >= 0.3 is 0 Å². The summed E-state index contributed by atoms with van der Waals surface area (Å²) >= 11 is 6.44. The third kappa shape index (κ3) is 4.30. The van der Waals surface area contributed by atoms with Crippen molar-refractivity contribution in [1.29, 1.82) is 0 Å². The number of benzene rings is 2. The molecule has 31 heavy (non-hydrogen) atoms. The first kappa shape index (κ1) is 21.0. The fourth-order valence-corrected chi connectivity index (χ4v) is 3.69. The summed E-state index contributed by atoms with van der Waals surface area (Å²) in [5, 5.41) is 5.32. The van der Waals surface area contributed by atoms with E-state index in [0.29, 0.717) is 46.3 Å². The number of hydroxylamine groups is 1. The van der Waals surface area contributed by atoms with Crippen LogP contribution in [0.2, 0.25) is 5.02 Å². The second-order valence-corrected chi connectivity index (χ2v) is 7.19. The number of hydrogen-bond acceptors (Lipinski definition) is 8. The highest BCUT2D eigenvalue weighted by molar-refractivity contribution is 6.32. The highest BCUT2D eigenvalue weighted by Crippen LogP contribution is 2.41. The van der Waals surface area contributed by atoms with Gasteiger partial charge in [-0.15, -0.1) is 0 Å². The molecule has 3 aromatic rings. The molecule has 4 rings (SSSR count). The zero-order chi connectivity index (χ0) is 21.8. The van der Waals surface area contributed by atoms with Crippen LogP contribution in [0.3, 0.4) is 0 Å². The Balaban J connectivity index is 1.64. The first-order chi connectivity index (χ1) is 15.1. The number of nitrogens with one attached hydrogen (secondary N) is 1. The zero-order valence-electron chi connectivity index (χ0n) is 17.5. The third-order valence-corrected chi connectivity index (χ3v) is 5.21. The highest BCUT2D eigenvalue weighted by Gasteiger charge is 2.30. The maximum Gasteiger partial charge on any atom is 0.229 e. The molecule has 0 spiro atoms. The Morgan fingerprint density at radius 2 is 1.77 bits per heavy atom. The van der Waals surface area contributed by atoms with Gasteiger partial charge in [0, 0.05) is 24.2 Å². The van der Waals surface area contributed by atoms with Crippen molar-refractivity contribution in [2.45, 2.75) is 12.5 Å². The number of methoxy groups -OCH3 is 3. The third-order valence-electron chi connectivity index (χ3n) is 4.94. The lowest BCUT2D eigenvalue weighted by Gasteiger charge is -2.24. The van der Waals surface area contributed by atoms with E-state index in [1.807, 2.05) is 18.2 Å². The lowest BCUT2D eigenvalue weighted by Crippen LogP contribution is -2.23. The van der Waals surface area contributed by atoms with E-state index in [0.717, 1.165) is 12.0 Å². The normalized spacial score (nSPS) is 15.6. The fourth-order valence-electron chi connectivity index (χ4n) is 3.51. The van der Waals surface area contributed by atoms with Crippen molar-refractivity contribution in [2.75, 3.05) is 38.3 Å². The van der Waals surface area contributed by atoms with E-state index in [1.54, 1.807) is 44.7 Å². The van der Waals surface area contributed by atoms with Crippen LogP contribution in [0.1, 0.15) is 18.0 Å². The van der Waals surface area contributed by atoms with E-state index in [-0.39, 0.29) is 6.04 Å². The molecule has 1 atom stereocenters. The first-order valence-electron chi connectivity index (χ1n) is 9.71. The van der Waals surface area contributed by atoms with Crippen molar-refractivity contribution in [3.8, 4) is 17.2 Å². The second kappa shape index (κ2) is 9.28. The minimum absolute atomic E-state index is 0.0163. The molecule has 1 fully saturated rings. The Labute approximate surface area is 185 Å². The quantitative estimate of drug-likeness (QED) is 0.560. The van der Waals surface area contributed by atoms with Crippen LogP contribution in [-0.2, 0) is 4.84 Å². The summed E-state index contributed by atoms with van der Waals surface area (Å²) < 4.78 is 16.2. The Bertz CT molecular complexity index is 1030. The van der Waals surface area contributed by atoms with Gasteiger partial charge in [0.25, 0.3) is 0 Å².